The van der Waals surface area contributed by atoms with Gasteiger partial charge in [0.1, 0.15) is 25.4 Å². The number of ether oxygens (including phenoxy) is 4. The van der Waals surface area contributed by atoms with E-state index in [-0.39, 0.29) is 48.5 Å². The van der Waals surface area contributed by atoms with Crippen molar-refractivity contribution >= 4 is 23.9 Å². The van der Waals surface area contributed by atoms with Crippen LogP contribution in [-0.4, -0.2) is 49.3 Å². The Morgan fingerprint density at radius 1 is 1.15 bits per heavy atom. The minimum atomic E-state index is -0.726. The Kier molecular flexibility index (Phi) is 7.58. The maximum atomic E-state index is 12.3. The van der Waals surface area contributed by atoms with Crippen LogP contribution in [0.3, 0.4) is 0 Å². The molecule has 2 fully saturated rings. The fourth-order valence-corrected chi connectivity index (χ4v) is 6.54. The monoisotopic (exact) mass is 476 g/mol. The molecular weight excluding hydrogens is 440 g/mol. The second-order valence-corrected chi connectivity index (χ2v) is 10.3. The molecule has 6 atom stereocenters. The molecule has 0 amide bonds. The maximum absolute atomic E-state index is 12.3. The summed E-state index contributed by atoms with van der Waals surface area (Å²) in [6, 6.07) is 0. The predicted octanol–water partition coefficient (Wildman–Crippen LogP) is 3.68. The number of esters is 4. The third-order valence-corrected chi connectivity index (χ3v) is 8.07. The number of fused-ring (bicyclic) bond motifs is 1. The van der Waals surface area contributed by atoms with Gasteiger partial charge in [0.15, 0.2) is 0 Å². The average Bonchev–Trinajstić information content (AvgIpc) is 3.16. The van der Waals surface area contributed by atoms with E-state index in [1.54, 1.807) is 6.08 Å². The summed E-state index contributed by atoms with van der Waals surface area (Å²) in [7, 11) is 0. The van der Waals surface area contributed by atoms with E-state index in [0.717, 1.165) is 24.8 Å². The average molecular weight is 477 g/mol. The van der Waals surface area contributed by atoms with Gasteiger partial charge in [0.2, 0.25) is 0 Å². The van der Waals surface area contributed by atoms with Crippen molar-refractivity contribution in [1.82, 2.24) is 0 Å². The minimum Gasteiger partial charge on any atom is -0.465 e. The predicted molar refractivity (Wildman–Crippen MR) is 122 cm³/mol. The summed E-state index contributed by atoms with van der Waals surface area (Å²) in [5, 5.41) is 0. The Morgan fingerprint density at radius 2 is 1.85 bits per heavy atom. The third-order valence-electron chi connectivity index (χ3n) is 8.07. The van der Waals surface area contributed by atoms with Gasteiger partial charge in [0, 0.05) is 26.2 Å². The number of cyclic esters (lactones) is 1. The van der Waals surface area contributed by atoms with Crippen molar-refractivity contribution in [3.8, 4) is 0 Å². The number of allylic oxidation sites excluding steroid dienone is 1. The Balaban J connectivity index is 1.96. The highest BCUT2D eigenvalue weighted by Gasteiger charge is 2.60. The number of hydrogen-bond donors (Lipinski definition) is 0. The zero-order chi connectivity index (χ0) is 25.3. The summed E-state index contributed by atoms with van der Waals surface area (Å²) in [5.74, 6) is -1.68. The quantitative estimate of drug-likeness (QED) is 0.311. The van der Waals surface area contributed by atoms with E-state index in [1.165, 1.54) is 20.8 Å². The van der Waals surface area contributed by atoms with Crippen LogP contribution in [0.4, 0.5) is 0 Å². The van der Waals surface area contributed by atoms with Gasteiger partial charge >= 0.3 is 23.9 Å². The molecule has 34 heavy (non-hydrogen) atoms. The van der Waals surface area contributed by atoms with Crippen LogP contribution in [0.15, 0.2) is 23.8 Å². The van der Waals surface area contributed by atoms with E-state index in [1.807, 2.05) is 6.92 Å². The fraction of sp³-hybridized carbons (Fsp3) is 0.692. The zero-order valence-electron chi connectivity index (χ0n) is 20.8. The Morgan fingerprint density at radius 3 is 2.41 bits per heavy atom. The van der Waals surface area contributed by atoms with E-state index >= 15 is 0 Å². The highest BCUT2D eigenvalue weighted by Crippen LogP contribution is 2.62. The third kappa shape index (κ3) is 5.05. The second-order valence-electron chi connectivity index (χ2n) is 10.3. The number of carbonyl (C=O) groups is 4. The molecule has 0 aromatic heterocycles. The molecular formula is C26H36O8. The summed E-state index contributed by atoms with van der Waals surface area (Å²) in [5.41, 5.74) is 0.530. The first-order valence-electron chi connectivity index (χ1n) is 11.9. The van der Waals surface area contributed by atoms with Crippen LogP contribution in [0.25, 0.3) is 0 Å². The van der Waals surface area contributed by atoms with Gasteiger partial charge in [-0.1, -0.05) is 26.0 Å². The Bertz CT molecular complexity index is 904. The van der Waals surface area contributed by atoms with Crippen LogP contribution in [0.5, 0.6) is 0 Å². The van der Waals surface area contributed by atoms with E-state index in [0.29, 0.717) is 18.4 Å². The van der Waals surface area contributed by atoms with Crippen molar-refractivity contribution in [2.45, 2.75) is 78.9 Å². The van der Waals surface area contributed by atoms with Crippen LogP contribution in [0, 0.1) is 22.7 Å². The molecule has 8 nitrogen and oxygen atoms in total. The lowest BCUT2D eigenvalue weighted by Gasteiger charge is -2.60. The standard InChI is InChI=1S/C26H36O8/c1-15-7-8-22-25(5,11-9-23(34-18(4)29)26(22,6)14-32-16(2)27)20(15)13-21(33-17(3)28)19-10-12-31-24(19)30/h10,20-23H,1,7-9,11-14H2,2-6H3/t20-,21-,22-,23-,25-,26+/m0/s1. The molecule has 0 saturated heterocycles. The van der Waals surface area contributed by atoms with Gasteiger partial charge in [0.25, 0.3) is 0 Å². The largest absolute Gasteiger partial charge is 0.465 e. The molecule has 0 N–H and O–H groups in total. The van der Waals surface area contributed by atoms with Crippen molar-refractivity contribution in [2.24, 2.45) is 22.7 Å². The SMILES string of the molecule is C=C1CC[C@@H]2[C@@](C)(COC(C)=O)[C@@H](OC(C)=O)CC[C@@]2(C)[C@H]1C[C@H](OC(C)=O)C1=CCOC1=O. The summed E-state index contributed by atoms with van der Waals surface area (Å²) >= 11 is 0. The molecule has 1 aliphatic heterocycles. The molecule has 2 aliphatic carbocycles. The smallest absolute Gasteiger partial charge is 0.337 e. The number of hydrogen-bond acceptors (Lipinski definition) is 8. The molecule has 3 rings (SSSR count). The Labute approximate surface area is 201 Å². The fourth-order valence-electron chi connectivity index (χ4n) is 6.54. The zero-order valence-corrected chi connectivity index (χ0v) is 20.8. The normalized spacial score (nSPS) is 33.8. The summed E-state index contributed by atoms with van der Waals surface area (Å²) in [6.07, 6.45) is 3.89. The van der Waals surface area contributed by atoms with Gasteiger partial charge in [-0.05, 0) is 55.4 Å². The van der Waals surface area contributed by atoms with Gasteiger partial charge in [-0.25, -0.2) is 4.79 Å². The molecule has 8 heteroatoms. The van der Waals surface area contributed by atoms with E-state index < -0.39 is 23.5 Å². The molecule has 0 spiro atoms. The molecule has 188 valence electrons. The lowest BCUT2D eigenvalue weighted by atomic mass is 9.46. The van der Waals surface area contributed by atoms with Gasteiger partial charge in [-0.2, -0.15) is 0 Å². The molecule has 0 radical (unpaired) electrons. The molecule has 0 aromatic carbocycles. The summed E-state index contributed by atoms with van der Waals surface area (Å²) in [6.45, 7) is 13.0. The van der Waals surface area contributed by atoms with Crippen molar-refractivity contribution in [3.05, 3.63) is 23.8 Å². The molecule has 0 aromatic rings. The first kappa shape index (κ1) is 26.0. The van der Waals surface area contributed by atoms with Crippen molar-refractivity contribution in [2.75, 3.05) is 13.2 Å². The van der Waals surface area contributed by atoms with Crippen molar-refractivity contribution in [1.29, 1.82) is 0 Å². The molecule has 2 saturated carbocycles. The van der Waals surface area contributed by atoms with E-state index in [9.17, 15) is 19.2 Å². The highest BCUT2D eigenvalue weighted by atomic mass is 16.6. The van der Waals surface area contributed by atoms with Gasteiger partial charge in [-0.3, -0.25) is 14.4 Å². The number of carbonyl (C=O) groups excluding carboxylic acids is 4. The van der Waals surface area contributed by atoms with Gasteiger partial charge in [-0.15, -0.1) is 0 Å². The van der Waals surface area contributed by atoms with Crippen LogP contribution in [0.1, 0.15) is 66.7 Å². The van der Waals surface area contributed by atoms with Crippen molar-refractivity contribution < 1.29 is 38.1 Å². The lowest BCUT2D eigenvalue weighted by molar-refractivity contribution is -0.192. The topological polar surface area (TPSA) is 105 Å². The summed E-state index contributed by atoms with van der Waals surface area (Å²) in [4.78, 5) is 47.7. The molecule has 1 heterocycles. The van der Waals surface area contributed by atoms with Crippen LogP contribution >= 0.6 is 0 Å². The molecule has 0 unspecified atom stereocenters. The van der Waals surface area contributed by atoms with E-state index in [4.69, 9.17) is 18.9 Å². The highest BCUT2D eigenvalue weighted by molar-refractivity contribution is 5.92. The van der Waals surface area contributed by atoms with Gasteiger partial charge < -0.3 is 18.9 Å². The lowest BCUT2D eigenvalue weighted by Crippen LogP contribution is -2.59. The summed E-state index contributed by atoms with van der Waals surface area (Å²) < 4.78 is 21.9. The Hall–Kier alpha value is -2.64. The van der Waals surface area contributed by atoms with Crippen LogP contribution < -0.4 is 0 Å². The second kappa shape index (κ2) is 9.92. The van der Waals surface area contributed by atoms with E-state index in [2.05, 4.69) is 13.5 Å². The van der Waals surface area contributed by atoms with Crippen LogP contribution in [-0.2, 0) is 38.1 Å². The molecule has 3 aliphatic rings. The first-order chi connectivity index (χ1) is 15.9. The number of rotatable bonds is 7. The first-order valence-corrected chi connectivity index (χ1v) is 11.9. The van der Waals surface area contributed by atoms with Gasteiger partial charge in [0.05, 0.1) is 5.57 Å². The maximum Gasteiger partial charge on any atom is 0.337 e. The molecule has 0 bridgehead atoms. The van der Waals surface area contributed by atoms with Crippen LogP contribution in [0.2, 0.25) is 0 Å². The van der Waals surface area contributed by atoms with Crippen molar-refractivity contribution in [3.63, 3.8) is 0 Å². The minimum absolute atomic E-state index is 0.0513.